The zero-order valence-corrected chi connectivity index (χ0v) is 7.29. The molecule has 2 radical (unpaired) electrons. The average Bonchev–Trinajstić information content (AvgIpc) is 1.41. The van der Waals surface area contributed by atoms with Gasteiger partial charge in [0.15, 0.2) is 0 Å². The molecule has 0 atom stereocenters. The van der Waals surface area contributed by atoms with E-state index in [9.17, 15) is 0 Å². The van der Waals surface area contributed by atoms with Gasteiger partial charge in [0.05, 0.1) is 0 Å². The summed E-state index contributed by atoms with van der Waals surface area (Å²) in [7, 11) is 0. The summed E-state index contributed by atoms with van der Waals surface area (Å²) in [6.45, 7) is 2.93. The van der Waals surface area contributed by atoms with Crippen LogP contribution in [0.4, 0.5) is 0 Å². The predicted molar refractivity (Wildman–Crippen MR) is 37.4 cm³/mol. The Hall–Kier alpha value is 1.22. The van der Waals surface area contributed by atoms with E-state index in [1.807, 2.05) is 0 Å². The summed E-state index contributed by atoms with van der Waals surface area (Å²) >= 11 is 2.20. The van der Waals surface area contributed by atoms with Crippen LogP contribution in [0.1, 0.15) is 13.3 Å². The highest BCUT2D eigenvalue weighted by molar-refractivity contribution is 14.0. The molecule has 0 aromatic carbocycles. The molecule has 0 spiro atoms. The molecule has 0 rings (SSSR count). The van der Waals surface area contributed by atoms with E-state index in [1.165, 1.54) is 0 Å². The molecule has 0 aliphatic rings. The lowest BCUT2D eigenvalue weighted by molar-refractivity contribution is 0.349. The zero-order valence-electron chi connectivity index (χ0n) is 3.81. The Labute approximate surface area is 64.2 Å². The molecule has 0 heterocycles. The van der Waals surface area contributed by atoms with Crippen molar-refractivity contribution in [3.8, 4) is 0 Å². The normalized spacial score (nSPS) is 6.83. The highest BCUT2D eigenvalue weighted by Crippen LogP contribution is 1.69. The SMILES string of the molecule is CCC[O][Al].I. The fourth-order valence-electron chi connectivity index (χ4n) is 0.118. The first kappa shape index (κ1) is 10.3. The van der Waals surface area contributed by atoms with Gasteiger partial charge in [-0.25, -0.2) is 0 Å². The minimum atomic E-state index is 0. The number of halogens is 1. The summed E-state index contributed by atoms with van der Waals surface area (Å²) in [5.74, 6) is 0. The van der Waals surface area contributed by atoms with Gasteiger partial charge in [-0.2, -0.15) is 0 Å². The summed E-state index contributed by atoms with van der Waals surface area (Å²) in [4.78, 5) is 0. The van der Waals surface area contributed by atoms with Crippen molar-refractivity contribution in [2.45, 2.75) is 13.3 Å². The first-order valence-electron chi connectivity index (χ1n) is 1.73. The molecule has 0 bridgehead atoms. The van der Waals surface area contributed by atoms with Gasteiger partial charge in [-0.15, -0.1) is 24.0 Å². The highest BCUT2D eigenvalue weighted by Gasteiger charge is 1.65. The maximum absolute atomic E-state index is 4.61. The number of hydrogen-bond donors (Lipinski definition) is 0. The van der Waals surface area contributed by atoms with Gasteiger partial charge in [0.25, 0.3) is 0 Å². The Bertz CT molecular complexity index is 18.3. The Morgan fingerprint density at radius 3 is 2.17 bits per heavy atom. The monoisotopic (exact) mass is 214 g/mol. The molecule has 0 saturated heterocycles. The molecular formula is C3H8AlIO. The fraction of sp³-hybridized carbons (Fsp3) is 1.00. The first-order valence-corrected chi connectivity index (χ1v) is 2.20. The first-order chi connectivity index (χ1) is 2.41. The van der Waals surface area contributed by atoms with E-state index in [2.05, 4.69) is 27.3 Å². The molecule has 6 heavy (non-hydrogen) atoms. The van der Waals surface area contributed by atoms with Crippen LogP contribution >= 0.6 is 24.0 Å². The summed E-state index contributed by atoms with van der Waals surface area (Å²) < 4.78 is 4.61. The third-order valence-electron chi connectivity index (χ3n) is 0.322. The Balaban J connectivity index is 0. The molecular weight excluding hydrogens is 206 g/mol. The van der Waals surface area contributed by atoms with Crippen molar-refractivity contribution in [2.24, 2.45) is 0 Å². The van der Waals surface area contributed by atoms with Gasteiger partial charge >= 0.3 is 16.6 Å². The molecule has 0 N–H and O–H groups in total. The molecule has 0 unspecified atom stereocenters. The second-order valence-corrected chi connectivity index (χ2v) is 1.20. The minimum Gasteiger partial charge on any atom is -0.516 e. The van der Waals surface area contributed by atoms with E-state index >= 15 is 0 Å². The third kappa shape index (κ3) is 8.97. The van der Waals surface area contributed by atoms with Crippen molar-refractivity contribution in [3.63, 3.8) is 0 Å². The lowest BCUT2D eigenvalue weighted by atomic mass is 10.5. The molecule has 0 amide bonds. The van der Waals surface area contributed by atoms with Crippen molar-refractivity contribution >= 4 is 40.6 Å². The van der Waals surface area contributed by atoms with Gasteiger partial charge < -0.3 is 3.79 Å². The summed E-state index contributed by atoms with van der Waals surface area (Å²) in [6.07, 6.45) is 1.10. The van der Waals surface area contributed by atoms with Gasteiger partial charge in [0, 0.05) is 6.61 Å². The number of rotatable bonds is 2. The van der Waals surface area contributed by atoms with Crippen molar-refractivity contribution in [1.29, 1.82) is 0 Å². The van der Waals surface area contributed by atoms with Gasteiger partial charge in [0.1, 0.15) is 0 Å². The van der Waals surface area contributed by atoms with Crippen molar-refractivity contribution in [2.75, 3.05) is 6.61 Å². The minimum absolute atomic E-state index is 0. The van der Waals surface area contributed by atoms with Crippen LogP contribution in [-0.2, 0) is 3.79 Å². The van der Waals surface area contributed by atoms with Crippen LogP contribution in [0.2, 0.25) is 0 Å². The summed E-state index contributed by atoms with van der Waals surface area (Å²) in [5.41, 5.74) is 0. The van der Waals surface area contributed by atoms with E-state index in [0.717, 1.165) is 13.0 Å². The maximum atomic E-state index is 4.61. The molecule has 0 saturated carbocycles. The van der Waals surface area contributed by atoms with Crippen LogP contribution in [0.25, 0.3) is 0 Å². The van der Waals surface area contributed by atoms with Gasteiger partial charge in [0.2, 0.25) is 0 Å². The Morgan fingerprint density at radius 1 is 1.67 bits per heavy atom. The molecule has 0 fully saturated rings. The van der Waals surface area contributed by atoms with Crippen LogP contribution in [0.15, 0.2) is 0 Å². The largest absolute Gasteiger partial charge is 0.516 e. The highest BCUT2D eigenvalue weighted by atomic mass is 127. The van der Waals surface area contributed by atoms with Gasteiger partial charge in [-0.1, -0.05) is 6.92 Å². The second-order valence-electron chi connectivity index (χ2n) is 0.871. The second kappa shape index (κ2) is 9.52. The van der Waals surface area contributed by atoms with Crippen molar-refractivity contribution in [1.82, 2.24) is 0 Å². The molecule has 0 aliphatic heterocycles. The lowest BCUT2D eigenvalue weighted by Gasteiger charge is -1.87. The standard InChI is InChI=1S/C3H7O.Al.HI/c1-2-3-4;;/h2-3H2,1H3;;1H/q-1;+1;. The van der Waals surface area contributed by atoms with E-state index < -0.39 is 0 Å². The van der Waals surface area contributed by atoms with E-state index in [1.54, 1.807) is 0 Å². The molecule has 0 aliphatic carbocycles. The van der Waals surface area contributed by atoms with Crippen molar-refractivity contribution < 1.29 is 3.79 Å². The average molecular weight is 214 g/mol. The molecule has 0 aromatic rings. The van der Waals surface area contributed by atoms with Crippen LogP contribution in [0.5, 0.6) is 0 Å². The van der Waals surface area contributed by atoms with Crippen molar-refractivity contribution in [3.05, 3.63) is 0 Å². The molecule has 36 valence electrons. The fourth-order valence-corrected chi connectivity index (χ4v) is 0.354. The Morgan fingerprint density at radius 2 is 2.17 bits per heavy atom. The number of hydrogen-bond acceptors (Lipinski definition) is 1. The van der Waals surface area contributed by atoms with Crippen LogP contribution in [0.3, 0.4) is 0 Å². The Kier molecular flexibility index (Phi) is 16.3. The topological polar surface area (TPSA) is 9.23 Å². The van der Waals surface area contributed by atoms with Gasteiger partial charge in [-0.05, 0) is 6.42 Å². The van der Waals surface area contributed by atoms with Crippen LogP contribution < -0.4 is 0 Å². The predicted octanol–water partition coefficient (Wildman–Crippen LogP) is 1.11. The maximum Gasteiger partial charge on any atom is 0.369 e. The molecule has 1 nitrogen and oxygen atoms in total. The zero-order chi connectivity index (χ0) is 4.12. The smallest absolute Gasteiger partial charge is 0.369 e. The molecule has 0 aromatic heterocycles. The summed E-state index contributed by atoms with van der Waals surface area (Å²) in [5, 5.41) is 0. The lowest BCUT2D eigenvalue weighted by Crippen LogP contribution is -1.83. The van der Waals surface area contributed by atoms with Gasteiger partial charge in [-0.3, -0.25) is 0 Å². The van der Waals surface area contributed by atoms with E-state index in [4.69, 9.17) is 0 Å². The van der Waals surface area contributed by atoms with Crippen LogP contribution in [0, 0.1) is 0 Å². The van der Waals surface area contributed by atoms with E-state index in [0.29, 0.717) is 0 Å². The summed E-state index contributed by atoms with van der Waals surface area (Å²) in [6, 6.07) is 0. The van der Waals surface area contributed by atoms with Crippen LogP contribution in [-0.4, -0.2) is 23.2 Å². The third-order valence-corrected chi connectivity index (χ3v) is 0.558. The quantitative estimate of drug-likeness (QED) is 0.494. The van der Waals surface area contributed by atoms with E-state index in [-0.39, 0.29) is 24.0 Å². The molecule has 3 heteroatoms.